The maximum atomic E-state index is 13.7. The molecule has 1 heterocycles. The molecule has 1 aliphatic heterocycles. The number of rotatable bonds is 9. The molecule has 1 aliphatic rings. The highest BCUT2D eigenvalue weighted by atomic mass is 35.5. The quantitative estimate of drug-likeness (QED) is 0.478. The summed E-state index contributed by atoms with van der Waals surface area (Å²) in [5.41, 5.74) is 0.420. The van der Waals surface area contributed by atoms with Gasteiger partial charge in [-0.25, -0.2) is 17.2 Å². The van der Waals surface area contributed by atoms with E-state index < -0.39 is 21.5 Å². The van der Waals surface area contributed by atoms with Gasteiger partial charge in [-0.3, -0.25) is 9.69 Å². The third-order valence-corrected chi connectivity index (χ3v) is 7.45. The smallest absolute Gasteiger partial charge is 0.181 e. The van der Waals surface area contributed by atoms with Gasteiger partial charge in [0.05, 0.1) is 12.3 Å². The average molecular weight is 503 g/mol. The van der Waals surface area contributed by atoms with Crippen LogP contribution in [0, 0.1) is 17.6 Å². The third kappa shape index (κ3) is 8.77. The van der Waals surface area contributed by atoms with E-state index in [-0.39, 0.29) is 41.3 Å². The van der Waals surface area contributed by atoms with Gasteiger partial charge >= 0.3 is 0 Å². The van der Waals surface area contributed by atoms with Crippen molar-refractivity contribution < 1.29 is 22.0 Å². The summed E-state index contributed by atoms with van der Waals surface area (Å²) in [5.74, 6) is -1.57. The Morgan fingerprint density at radius 3 is 2.00 bits per heavy atom. The Kier molecular flexibility index (Phi) is 12.1. The van der Waals surface area contributed by atoms with Crippen LogP contribution in [0.15, 0.2) is 53.4 Å². The first kappa shape index (κ1) is 29.2. The van der Waals surface area contributed by atoms with Crippen LogP contribution in [0.5, 0.6) is 0 Å². The van der Waals surface area contributed by atoms with Crippen LogP contribution in [0.3, 0.4) is 0 Å². The maximum Gasteiger partial charge on any atom is 0.181 e. The SMILES string of the molecule is CCN(CC)CC.Cl.O=C(CN1CC(CS(=O)(=O)c2ccccc2F)C1)c1ccc(F)cc1. The lowest BCUT2D eigenvalue weighted by atomic mass is 10.0. The van der Waals surface area contributed by atoms with Gasteiger partial charge < -0.3 is 4.90 Å². The molecule has 5 nitrogen and oxygen atoms in total. The second-order valence-electron chi connectivity index (χ2n) is 7.82. The van der Waals surface area contributed by atoms with Crippen LogP contribution in [-0.4, -0.2) is 69.0 Å². The molecule has 2 aromatic carbocycles. The largest absolute Gasteiger partial charge is 0.304 e. The Balaban J connectivity index is 0.000000595. The van der Waals surface area contributed by atoms with Gasteiger partial charge in [-0.15, -0.1) is 12.4 Å². The van der Waals surface area contributed by atoms with Crippen LogP contribution >= 0.6 is 12.4 Å². The van der Waals surface area contributed by atoms with E-state index in [1.165, 1.54) is 62.1 Å². The molecule has 0 N–H and O–H groups in total. The van der Waals surface area contributed by atoms with Crippen molar-refractivity contribution in [2.24, 2.45) is 5.92 Å². The molecule has 0 amide bonds. The number of likely N-dealkylation sites (tertiary alicyclic amines) is 1. The summed E-state index contributed by atoms with van der Waals surface area (Å²) in [6, 6.07) is 10.6. The first-order valence-electron chi connectivity index (χ1n) is 10.9. The van der Waals surface area contributed by atoms with Gasteiger partial charge in [0, 0.05) is 18.7 Å². The van der Waals surface area contributed by atoms with Crippen molar-refractivity contribution in [3.05, 3.63) is 65.7 Å². The lowest BCUT2D eigenvalue weighted by Crippen LogP contribution is -2.51. The number of carbonyl (C=O) groups is 1. The molecule has 184 valence electrons. The second-order valence-corrected chi connectivity index (χ2v) is 9.82. The summed E-state index contributed by atoms with van der Waals surface area (Å²) < 4.78 is 51.1. The Labute approximate surface area is 202 Å². The van der Waals surface area contributed by atoms with E-state index in [1.54, 1.807) is 0 Å². The Morgan fingerprint density at radius 2 is 1.52 bits per heavy atom. The van der Waals surface area contributed by atoms with Crippen LogP contribution in [-0.2, 0) is 9.84 Å². The summed E-state index contributed by atoms with van der Waals surface area (Å²) in [4.78, 5) is 16.0. The summed E-state index contributed by atoms with van der Waals surface area (Å²) in [6.07, 6.45) is 0. The van der Waals surface area contributed by atoms with Gasteiger partial charge in [0.25, 0.3) is 0 Å². The number of hydrogen-bond donors (Lipinski definition) is 0. The van der Waals surface area contributed by atoms with Crippen molar-refractivity contribution in [2.45, 2.75) is 25.7 Å². The third-order valence-electron chi connectivity index (χ3n) is 5.53. The predicted octanol–water partition coefficient (Wildman–Crippen LogP) is 4.32. The summed E-state index contributed by atoms with van der Waals surface area (Å²) >= 11 is 0. The predicted molar refractivity (Wildman–Crippen MR) is 130 cm³/mol. The van der Waals surface area contributed by atoms with E-state index >= 15 is 0 Å². The average Bonchev–Trinajstić information content (AvgIpc) is 2.74. The first-order chi connectivity index (χ1) is 15.2. The second kappa shape index (κ2) is 13.7. The molecule has 0 aliphatic carbocycles. The lowest BCUT2D eigenvalue weighted by Gasteiger charge is -2.38. The minimum Gasteiger partial charge on any atom is -0.304 e. The van der Waals surface area contributed by atoms with Crippen molar-refractivity contribution in [1.82, 2.24) is 9.80 Å². The van der Waals surface area contributed by atoms with Crippen LogP contribution in [0.4, 0.5) is 8.78 Å². The van der Waals surface area contributed by atoms with E-state index in [4.69, 9.17) is 0 Å². The Hall–Kier alpha value is -1.87. The van der Waals surface area contributed by atoms with Gasteiger partial charge in [-0.1, -0.05) is 32.9 Å². The zero-order valence-electron chi connectivity index (χ0n) is 19.3. The number of halogens is 3. The fraction of sp³-hybridized carbons (Fsp3) is 0.458. The van der Waals surface area contributed by atoms with Gasteiger partial charge in [0.1, 0.15) is 16.5 Å². The number of hydrogen-bond acceptors (Lipinski definition) is 5. The van der Waals surface area contributed by atoms with Crippen LogP contribution in [0.1, 0.15) is 31.1 Å². The topological polar surface area (TPSA) is 57.7 Å². The number of benzene rings is 2. The van der Waals surface area contributed by atoms with E-state index in [0.717, 1.165) is 6.07 Å². The molecule has 1 fully saturated rings. The standard InChI is InChI=1S/C18H17F2NO3S.C6H15N.ClH/c19-15-7-5-14(6-8-15)17(22)11-21-9-13(10-21)12-25(23,24)18-4-2-1-3-16(18)20;1-4-7(5-2)6-3;/h1-8,13H,9-12H2;4-6H2,1-3H3;1H. The zero-order valence-corrected chi connectivity index (χ0v) is 21.0. The number of ketones is 1. The molecule has 0 saturated carbocycles. The van der Waals surface area contributed by atoms with Crippen molar-refractivity contribution in [1.29, 1.82) is 0 Å². The number of carbonyl (C=O) groups excluding carboxylic acids is 1. The van der Waals surface area contributed by atoms with E-state index in [2.05, 4.69) is 25.7 Å². The highest BCUT2D eigenvalue weighted by molar-refractivity contribution is 7.91. The maximum absolute atomic E-state index is 13.7. The lowest BCUT2D eigenvalue weighted by molar-refractivity contribution is 0.0771. The molecular weight excluding hydrogens is 470 g/mol. The van der Waals surface area contributed by atoms with Gasteiger partial charge in [0.2, 0.25) is 0 Å². The summed E-state index contributed by atoms with van der Waals surface area (Å²) in [6.45, 7) is 11.2. The molecule has 9 heteroatoms. The molecule has 1 saturated heterocycles. The minimum atomic E-state index is -3.69. The van der Waals surface area contributed by atoms with Crippen LogP contribution in [0.2, 0.25) is 0 Å². The Morgan fingerprint density at radius 1 is 0.970 bits per heavy atom. The highest BCUT2D eigenvalue weighted by Gasteiger charge is 2.33. The van der Waals surface area contributed by atoms with Crippen molar-refractivity contribution >= 4 is 28.0 Å². The van der Waals surface area contributed by atoms with Crippen molar-refractivity contribution in [2.75, 3.05) is 45.0 Å². The molecular formula is C24H33ClF2N2O3S. The summed E-state index contributed by atoms with van der Waals surface area (Å²) in [7, 11) is -3.69. The fourth-order valence-electron chi connectivity index (χ4n) is 3.61. The van der Waals surface area contributed by atoms with Crippen molar-refractivity contribution in [3.63, 3.8) is 0 Å². The molecule has 0 radical (unpaired) electrons. The van der Waals surface area contributed by atoms with Crippen molar-refractivity contribution in [3.8, 4) is 0 Å². The molecule has 33 heavy (non-hydrogen) atoms. The zero-order chi connectivity index (χ0) is 23.7. The molecule has 3 rings (SSSR count). The molecule has 0 spiro atoms. The highest BCUT2D eigenvalue weighted by Crippen LogP contribution is 2.23. The van der Waals surface area contributed by atoms with E-state index in [9.17, 15) is 22.0 Å². The van der Waals surface area contributed by atoms with Gasteiger partial charge in [0.15, 0.2) is 15.6 Å². The molecule has 0 unspecified atom stereocenters. The minimum absolute atomic E-state index is 0. The van der Waals surface area contributed by atoms with Crippen LogP contribution < -0.4 is 0 Å². The van der Waals surface area contributed by atoms with Gasteiger partial charge in [-0.05, 0) is 62.0 Å². The van der Waals surface area contributed by atoms with Crippen LogP contribution in [0.25, 0.3) is 0 Å². The van der Waals surface area contributed by atoms with Gasteiger partial charge in [-0.2, -0.15) is 0 Å². The normalized spacial score (nSPS) is 14.1. The number of sulfone groups is 1. The summed E-state index contributed by atoms with van der Waals surface area (Å²) in [5, 5.41) is 0. The number of Topliss-reactive ketones (excluding diaryl/α,β-unsaturated/α-hetero) is 1. The first-order valence-corrected chi connectivity index (χ1v) is 12.6. The molecule has 0 atom stereocenters. The molecule has 2 aromatic rings. The molecule has 0 aromatic heterocycles. The monoisotopic (exact) mass is 502 g/mol. The Bertz CT molecular complexity index is 972. The molecule has 0 bridgehead atoms. The fourth-order valence-corrected chi connectivity index (χ4v) is 5.27. The van der Waals surface area contributed by atoms with E-state index in [0.29, 0.717) is 18.7 Å². The van der Waals surface area contributed by atoms with E-state index in [1.807, 2.05) is 4.90 Å². The number of nitrogens with zero attached hydrogens (tertiary/aromatic N) is 2.